The first-order chi connectivity index (χ1) is 13.2. The number of rotatable bonds is 8. The summed E-state index contributed by atoms with van der Waals surface area (Å²) in [6, 6.07) is 18.4. The van der Waals surface area contributed by atoms with Gasteiger partial charge < -0.3 is 5.32 Å². The minimum absolute atomic E-state index is 0.00726. The first kappa shape index (κ1) is 19.2. The zero-order chi connectivity index (χ0) is 19.1. The first-order valence-corrected chi connectivity index (χ1v) is 10.1. The van der Waals surface area contributed by atoms with Gasteiger partial charge in [-0.05, 0) is 31.0 Å². The van der Waals surface area contributed by atoms with Gasteiger partial charge in [-0.25, -0.2) is 0 Å². The lowest BCUT2D eigenvalue weighted by Gasteiger charge is -2.16. The molecule has 6 heteroatoms. The van der Waals surface area contributed by atoms with E-state index < -0.39 is 0 Å². The summed E-state index contributed by atoms with van der Waals surface area (Å²) in [7, 11) is 0. The van der Waals surface area contributed by atoms with Gasteiger partial charge >= 0.3 is 0 Å². The van der Waals surface area contributed by atoms with Crippen molar-refractivity contribution in [3.8, 4) is 5.69 Å². The summed E-state index contributed by atoms with van der Waals surface area (Å²) in [5.74, 6) is 0.652. The smallest absolute Gasteiger partial charge is 0.230 e. The van der Waals surface area contributed by atoms with Crippen LogP contribution >= 0.6 is 11.8 Å². The molecular weight excluding hydrogens is 356 g/mol. The fraction of sp³-hybridized carbons (Fsp3) is 0.286. The van der Waals surface area contributed by atoms with E-state index in [9.17, 15) is 4.79 Å². The molecule has 1 atom stereocenters. The molecule has 0 aliphatic heterocycles. The lowest BCUT2D eigenvalue weighted by molar-refractivity contribution is -0.118. The summed E-state index contributed by atoms with van der Waals surface area (Å²) in [6.45, 7) is 4.84. The van der Waals surface area contributed by atoms with Crippen LogP contribution in [0.4, 0.5) is 0 Å². The van der Waals surface area contributed by atoms with Crippen LogP contribution in [0.25, 0.3) is 5.69 Å². The van der Waals surface area contributed by atoms with Gasteiger partial charge in [0.1, 0.15) is 6.33 Å². The monoisotopic (exact) mass is 380 g/mol. The Balaban J connectivity index is 1.54. The van der Waals surface area contributed by atoms with Crippen molar-refractivity contribution < 1.29 is 4.79 Å². The topological polar surface area (TPSA) is 59.8 Å². The van der Waals surface area contributed by atoms with E-state index in [0.29, 0.717) is 23.4 Å². The molecule has 0 aliphatic carbocycles. The maximum atomic E-state index is 12.3. The molecule has 0 saturated carbocycles. The molecule has 0 fully saturated rings. The molecule has 140 valence electrons. The zero-order valence-corrected chi connectivity index (χ0v) is 16.4. The number of hydrogen-bond donors (Lipinski definition) is 1. The van der Waals surface area contributed by atoms with E-state index in [4.69, 9.17) is 0 Å². The number of nitrogens with zero attached hydrogens (tertiary/aromatic N) is 3. The van der Waals surface area contributed by atoms with Crippen LogP contribution in [-0.4, -0.2) is 33.0 Å². The largest absolute Gasteiger partial charge is 0.355 e. The molecule has 3 rings (SSSR count). The van der Waals surface area contributed by atoms with Gasteiger partial charge in [0.15, 0.2) is 5.16 Å². The van der Waals surface area contributed by atoms with E-state index in [2.05, 4.69) is 41.5 Å². The summed E-state index contributed by atoms with van der Waals surface area (Å²) in [5, 5.41) is 11.9. The lowest BCUT2D eigenvalue weighted by atomic mass is 9.96. The summed E-state index contributed by atoms with van der Waals surface area (Å²) in [5.41, 5.74) is 3.44. The molecule has 1 unspecified atom stereocenters. The Morgan fingerprint density at radius 2 is 1.89 bits per heavy atom. The third-order valence-electron chi connectivity index (χ3n) is 4.47. The maximum absolute atomic E-state index is 12.3. The second-order valence-electron chi connectivity index (χ2n) is 6.43. The summed E-state index contributed by atoms with van der Waals surface area (Å²) in [4.78, 5) is 12.3. The summed E-state index contributed by atoms with van der Waals surface area (Å²) >= 11 is 1.39. The van der Waals surface area contributed by atoms with E-state index in [0.717, 1.165) is 12.1 Å². The van der Waals surface area contributed by atoms with Gasteiger partial charge in [-0.3, -0.25) is 9.36 Å². The minimum Gasteiger partial charge on any atom is -0.355 e. The Kier molecular flexibility index (Phi) is 6.65. The Bertz CT molecular complexity index is 861. The zero-order valence-electron chi connectivity index (χ0n) is 15.6. The van der Waals surface area contributed by atoms with Gasteiger partial charge in [-0.2, -0.15) is 0 Å². The minimum atomic E-state index is 0.00726. The fourth-order valence-electron chi connectivity index (χ4n) is 2.85. The van der Waals surface area contributed by atoms with Crippen LogP contribution < -0.4 is 5.32 Å². The van der Waals surface area contributed by atoms with E-state index in [1.54, 1.807) is 6.33 Å². The van der Waals surface area contributed by atoms with Crippen LogP contribution in [0, 0.1) is 6.92 Å². The highest BCUT2D eigenvalue weighted by Crippen LogP contribution is 2.20. The molecule has 0 aliphatic rings. The number of aryl methyl sites for hydroxylation is 1. The molecule has 0 saturated heterocycles. The van der Waals surface area contributed by atoms with Crippen LogP contribution in [0.15, 0.2) is 66.1 Å². The van der Waals surface area contributed by atoms with Crippen molar-refractivity contribution in [1.82, 2.24) is 20.1 Å². The molecule has 1 N–H and O–H groups in total. The van der Waals surface area contributed by atoms with Crippen LogP contribution in [0.2, 0.25) is 0 Å². The van der Waals surface area contributed by atoms with Crippen molar-refractivity contribution in [3.63, 3.8) is 0 Å². The van der Waals surface area contributed by atoms with E-state index in [-0.39, 0.29) is 5.91 Å². The molecule has 0 radical (unpaired) electrons. The highest BCUT2D eigenvalue weighted by Gasteiger charge is 2.13. The molecule has 1 amide bonds. The molecule has 2 aromatic carbocycles. The van der Waals surface area contributed by atoms with Gasteiger partial charge in [0.25, 0.3) is 0 Å². The van der Waals surface area contributed by atoms with Crippen LogP contribution in [0.3, 0.4) is 0 Å². The predicted molar refractivity (Wildman–Crippen MR) is 109 cm³/mol. The quantitative estimate of drug-likeness (QED) is 0.601. The van der Waals surface area contributed by atoms with Gasteiger partial charge in [0, 0.05) is 18.2 Å². The van der Waals surface area contributed by atoms with Crippen LogP contribution in [-0.2, 0) is 4.79 Å². The number of benzene rings is 2. The normalized spacial score (nSPS) is 11.9. The van der Waals surface area contributed by atoms with Gasteiger partial charge in [-0.1, -0.05) is 66.7 Å². The van der Waals surface area contributed by atoms with E-state index in [1.807, 2.05) is 47.0 Å². The number of nitrogens with one attached hydrogen (secondary N) is 1. The highest BCUT2D eigenvalue weighted by molar-refractivity contribution is 7.99. The van der Waals surface area contributed by atoms with Gasteiger partial charge in [0.05, 0.1) is 5.75 Å². The summed E-state index contributed by atoms with van der Waals surface area (Å²) < 4.78 is 1.90. The van der Waals surface area contributed by atoms with E-state index >= 15 is 0 Å². The number of hydrogen-bond acceptors (Lipinski definition) is 4. The SMILES string of the molecule is CCC(CNC(=O)CSc1nncn1-c1ccc(C)cc1)c1ccccc1. The second-order valence-corrected chi connectivity index (χ2v) is 7.37. The Morgan fingerprint density at radius 1 is 1.15 bits per heavy atom. The predicted octanol–water partition coefficient (Wildman–Crippen LogP) is 3.98. The molecule has 0 spiro atoms. The molecule has 1 heterocycles. The Morgan fingerprint density at radius 3 is 2.59 bits per heavy atom. The van der Waals surface area contributed by atoms with Gasteiger partial charge in [0.2, 0.25) is 5.91 Å². The van der Waals surface area contributed by atoms with Crippen molar-refractivity contribution in [3.05, 3.63) is 72.1 Å². The molecule has 27 heavy (non-hydrogen) atoms. The van der Waals surface area contributed by atoms with Crippen LogP contribution in [0.5, 0.6) is 0 Å². The summed E-state index contributed by atoms with van der Waals surface area (Å²) in [6.07, 6.45) is 2.66. The first-order valence-electron chi connectivity index (χ1n) is 9.09. The number of amides is 1. The van der Waals surface area contributed by atoms with Crippen molar-refractivity contribution in [2.24, 2.45) is 0 Å². The molecular formula is C21H24N4OS. The third-order valence-corrected chi connectivity index (χ3v) is 5.41. The fourth-order valence-corrected chi connectivity index (χ4v) is 3.61. The molecule has 0 bridgehead atoms. The molecule has 3 aromatic rings. The molecule has 1 aromatic heterocycles. The van der Waals surface area contributed by atoms with E-state index in [1.165, 1.54) is 22.9 Å². The number of carbonyl (C=O) groups is 1. The maximum Gasteiger partial charge on any atom is 0.230 e. The average Bonchev–Trinajstić information content (AvgIpc) is 3.17. The number of carbonyl (C=O) groups excluding carboxylic acids is 1. The molecule has 5 nitrogen and oxygen atoms in total. The number of aromatic nitrogens is 3. The average molecular weight is 381 g/mol. The Hall–Kier alpha value is -2.60. The van der Waals surface area contributed by atoms with Crippen molar-refractivity contribution >= 4 is 17.7 Å². The number of thioether (sulfide) groups is 1. The highest BCUT2D eigenvalue weighted by atomic mass is 32.2. The van der Waals surface area contributed by atoms with Gasteiger partial charge in [-0.15, -0.1) is 10.2 Å². The van der Waals surface area contributed by atoms with Crippen LogP contribution in [0.1, 0.15) is 30.4 Å². The third kappa shape index (κ3) is 5.20. The Labute approximate surface area is 164 Å². The standard InChI is InChI=1S/C21H24N4OS/c1-3-17(18-7-5-4-6-8-18)13-22-20(26)14-27-21-24-23-15-25(21)19-11-9-16(2)10-12-19/h4-12,15,17H,3,13-14H2,1-2H3,(H,22,26). The van der Waals surface area contributed by atoms with Crippen molar-refractivity contribution in [2.75, 3.05) is 12.3 Å². The lowest BCUT2D eigenvalue weighted by Crippen LogP contribution is -2.29. The second kappa shape index (κ2) is 9.37. The van der Waals surface area contributed by atoms with Crippen molar-refractivity contribution in [2.45, 2.75) is 31.3 Å². The van der Waals surface area contributed by atoms with Crippen molar-refractivity contribution in [1.29, 1.82) is 0 Å².